The van der Waals surface area contributed by atoms with Gasteiger partial charge in [-0.2, -0.15) is 0 Å². The second kappa shape index (κ2) is 5.13. The van der Waals surface area contributed by atoms with E-state index in [-0.39, 0.29) is 9.92 Å². The van der Waals surface area contributed by atoms with Gasteiger partial charge in [0.1, 0.15) is 10.7 Å². The van der Waals surface area contributed by atoms with E-state index < -0.39 is 27.5 Å². The maximum absolute atomic E-state index is 12.9. The molecule has 0 saturated carbocycles. The number of hydrogen-bond donors (Lipinski definition) is 2. The molecule has 0 aliphatic carbocycles. The highest BCUT2D eigenvalue weighted by atomic mass is 35.5. The van der Waals surface area contributed by atoms with E-state index in [1.807, 2.05) is 0 Å². The molecule has 18 heavy (non-hydrogen) atoms. The number of nitrogens with one attached hydrogen (secondary N) is 1. The van der Waals surface area contributed by atoms with Crippen LogP contribution in [0.15, 0.2) is 23.1 Å². The van der Waals surface area contributed by atoms with Crippen molar-refractivity contribution in [3.8, 4) is 0 Å². The first kappa shape index (κ1) is 15.4. The van der Waals surface area contributed by atoms with Gasteiger partial charge in [0.05, 0.1) is 16.7 Å². The Morgan fingerprint density at radius 2 is 2.00 bits per heavy atom. The molecule has 0 radical (unpaired) electrons. The van der Waals surface area contributed by atoms with Crippen LogP contribution in [0.2, 0.25) is 5.02 Å². The van der Waals surface area contributed by atoms with Crippen LogP contribution in [0, 0.1) is 5.82 Å². The van der Waals surface area contributed by atoms with Gasteiger partial charge in [0, 0.05) is 0 Å². The molecule has 7 heteroatoms. The smallest absolute Gasteiger partial charge is 0.242 e. The average Bonchev–Trinajstić information content (AvgIpc) is 2.14. The molecule has 1 aromatic carbocycles. The molecule has 0 amide bonds. The standard InChI is InChI=1S/C11H15ClFNO3S/c1-7(15)11(2,3)14-18(16,17)10-5-4-8(13)6-9(10)12/h4-7,14-15H,1-3H3. The topological polar surface area (TPSA) is 66.4 Å². The van der Waals surface area contributed by atoms with Gasteiger partial charge in [-0.15, -0.1) is 0 Å². The number of rotatable bonds is 4. The van der Waals surface area contributed by atoms with Crippen molar-refractivity contribution in [3.05, 3.63) is 29.0 Å². The predicted octanol–water partition coefficient (Wildman–Crippen LogP) is 1.92. The minimum absolute atomic E-state index is 0.205. The molecule has 4 nitrogen and oxygen atoms in total. The van der Waals surface area contributed by atoms with E-state index in [4.69, 9.17) is 11.6 Å². The molecule has 0 heterocycles. The van der Waals surface area contributed by atoms with E-state index in [0.29, 0.717) is 0 Å². The Balaban J connectivity index is 3.15. The summed E-state index contributed by atoms with van der Waals surface area (Å²) in [5.74, 6) is -0.617. The van der Waals surface area contributed by atoms with Crippen LogP contribution < -0.4 is 4.72 Å². The molecule has 1 aromatic rings. The second-order valence-electron chi connectivity index (χ2n) is 4.58. The predicted molar refractivity (Wildman–Crippen MR) is 67.5 cm³/mol. The first-order chi connectivity index (χ1) is 8.06. The van der Waals surface area contributed by atoms with Crippen molar-refractivity contribution in [2.24, 2.45) is 0 Å². The van der Waals surface area contributed by atoms with Crippen molar-refractivity contribution in [1.82, 2.24) is 4.72 Å². The van der Waals surface area contributed by atoms with Crippen LogP contribution >= 0.6 is 11.6 Å². The molecular weight excluding hydrogens is 281 g/mol. The number of hydrogen-bond acceptors (Lipinski definition) is 3. The molecule has 2 N–H and O–H groups in total. The number of halogens is 2. The van der Waals surface area contributed by atoms with Crippen LogP contribution in [0.25, 0.3) is 0 Å². The second-order valence-corrected chi connectivity index (χ2v) is 6.64. The summed E-state index contributed by atoms with van der Waals surface area (Å²) in [5, 5.41) is 9.28. The summed E-state index contributed by atoms with van der Waals surface area (Å²) < 4.78 is 39.3. The molecule has 0 aromatic heterocycles. The van der Waals surface area contributed by atoms with Gasteiger partial charge in [0.15, 0.2) is 0 Å². The van der Waals surface area contributed by atoms with Crippen molar-refractivity contribution in [2.75, 3.05) is 0 Å². The van der Waals surface area contributed by atoms with Crippen molar-refractivity contribution >= 4 is 21.6 Å². The molecule has 0 saturated heterocycles. The molecule has 1 atom stereocenters. The maximum atomic E-state index is 12.9. The Kier molecular flexibility index (Phi) is 4.38. The van der Waals surface area contributed by atoms with Gasteiger partial charge in [-0.1, -0.05) is 11.6 Å². The average molecular weight is 296 g/mol. The zero-order valence-corrected chi connectivity index (χ0v) is 11.8. The van der Waals surface area contributed by atoms with Crippen molar-refractivity contribution < 1.29 is 17.9 Å². The number of benzene rings is 1. The third kappa shape index (κ3) is 3.41. The third-order valence-corrected chi connectivity index (χ3v) is 4.78. The lowest BCUT2D eigenvalue weighted by Gasteiger charge is -2.29. The largest absolute Gasteiger partial charge is 0.391 e. The number of sulfonamides is 1. The maximum Gasteiger partial charge on any atom is 0.242 e. The lowest BCUT2D eigenvalue weighted by atomic mass is 10.0. The lowest BCUT2D eigenvalue weighted by molar-refractivity contribution is 0.111. The van der Waals surface area contributed by atoms with Gasteiger partial charge >= 0.3 is 0 Å². The summed E-state index contributed by atoms with van der Waals surface area (Å²) in [7, 11) is -3.92. The molecule has 0 bridgehead atoms. The quantitative estimate of drug-likeness (QED) is 0.892. The van der Waals surface area contributed by atoms with Gasteiger partial charge in [-0.25, -0.2) is 17.5 Å². The van der Waals surface area contributed by atoms with Gasteiger partial charge < -0.3 is 5.11 Å². The summed E-state index contributed by atoms with van der Waals surface area (Å²) in [6, 6.07) is 3.01. The molecule has 0 fully saturated rings. The van der Waals surface area contributed by atoms with E-state index in [0.717, 1.165) is 18.2 Å². The first-order valence-electron chi connectivity index (χ1n) is 5.23. The minimum Gasteiger partial charge on any atom is -0.391 e. The zero-order chi connectivity index (χ0) is 14.1. The summed E-state index contributed by atoms with van der Waals surface area (Å²) in [6.45, 7) is 4.54. The first-order valence-corrected chi connectivity index (χ1v) is 7.09. The molecular formula is C11H15ClFNO3S. The molecule has 1 unspecified atom stereocenters. The van der Waals surface area contributed by atoms with E-state index in [1.54, 1.807) is 0 Å². The highest BCUT2D eigenvalue weighted by molar-refractivity contribution is 7.89. The van der Waals surface area contributed by atoms with Crippen molar-refractivity contribution in [3.63, 3.8) is 0 Å². The lowest BCUT2D eigenvalue weighted by Crippen LogP contribution is -2.50. The molecule has 0 aliphatic heterocycles. The van der Waals surface area contributed by atoms with Crippen LogP contribution in [0.1, 0.15) is 20.8 Å². The monoisotopic (exact) mass is 295 g/mol. The minimum atomic E-state index is -3.92. The summed E-state index contributed by atoms with van der Waals surface area (Å²) in [4.78, 5) is -0.223. The van der Waals surface area contributed by atoms with Crippen LogP contribution in [0.4, 0.5) is 4.39 Å². The van der Waals surface area contributed by atoms with Crippen LogP contribution in [-0.4, -0.2) is 25.2 Å². The summed E-state index contributed by atoms with van der Waals surface area (Å²) in [6.07, 6.45) is -0.897. The SMILES string of the molecule is CC(O)C(C)(C)NS(=O)(=O)c1ccc(F)cc1Cl. The molecule has 1 rings (SSSR count). The summed E-state index contributed by atoms with van der Waals surface area (Å²) >= 11 is 5.70. The fraction of sp³-hybridized carbons (Fsp3) is 0.455. The Hall–Kier alpha value is -0.690. The van der Waals surface area contributed by atoms with Crippen molar-refractivity contribution in [2.45, 2.75) is 37.3 Å². The van der Waals surface area contributed by atoms with E-state index >= 15 is 0 Å². The highest BCUT2D eigenvalue weighted by Gasteiger charge is 2.31. The number of aliphatic hydroxyl groups is 1. The number of aliphatic hydroxyl groups excluding tert-OH is 1. The van der Waals surface area contributed by atoms with Gasteiger partial charge in [-0.3, -0.25) is 0 Å². The zero-order valence-electron chi connectivity index (χ0n) is 10.2. The van der Waals surface area contributed by atoms with Gasteiger partial charge in [0.2, 0.25) is 10.0 Å². The summed E-state index contributed by atoms with van der Waals surface area (Å²) in [5.41, 5.74) is -1.06. The Morgan fingerprint density at radius 1 is 1.44 bits per heavy atom. The van der Waals surface area contributed by atoms with Crippen LogP contribution in [0.3, 0.4) is 0 Å². The molecule has 102 valence electrons. The van der Waals surface area contributed by atoms with E-state index in [2.05, 4.69) is 4.72 Å². The van der Waals surface area contributed by atoms with E-state index in [1.165, 1.54) is 20.8 Å². The fourth-order valence-electron chi connectivity index (χ4n) is 1.18. The Morgan fingerprint density at radius 3 is 2.44 bits per heavy atom. The Bertz CT molecular complexity index is 543. The third-order valence-electron chi connectivity index (χ3n) is 2.63. The van der Waals surface area contributed by atoms with Gasteiger partial charge in [0.25, 0.3) is 0 Å². The Labute approximate surface area is 111 Å². The van der Waals surface area contributed by atoms with Crippen LogP contribution in [-0.2, 0) is 10.0 Å². The van der Waals surface area contributed by atoms with Crippen molar-refractivity contribution in [1.29, 1.82) is 0 Å². The van der Waals surface area contributed by atoms with Gasteiger partial charge in [-0.05, 0) is 39.0 Å². The highest BCUT2D eigenvalue weighted by Crippen LogP contribution is 2.24. The fourth-order valence-corrected chi connectivity index (χ4v) is 3.19. The normalized spacial score (nSPS) is 14.6. The molecule has 0 spiro atoms. The molecule has 0 aliphatic rings. The van der Waals surface area contributed by atoms with Crippen LogP contribution in [0.5, 0.6) is 0 Å². The van der Waals surface area contributed by atoms with E-state index in [9.17, 15) is 17.9 Å².